The summed E-state index contributed by atoms with van der Waals surface area (Å²) >= 11 is 0. The molecule has 0 unspecified atom stereocenters. The third-order valence-corrected chi connectivity index (χ3v) is 3.72. The van der Waals surface area contributed by atoms with Gasteiger partial charge in [0.1, 0.15) is 17.5 Å². The van der Waals surface area contributed by atoms with Crippen LogP contribution in [0.1, 0.15) is 28.2 Å². The first kappa shape index (κ1) is 20.1. The van der Waals surface area contributed by atoms with Crippen molar-refractivity contribution < 1.29 is 26.3 Å². The van der Waals surface area contributed by atoms with E-state index in [-0.39, 0.29) is 28.2 Å². The smallest absolute Gasteiger partial charge is 0.247 e. The van der Waals surface area contributed by atoms with E-state index < -0.39 is 23.6 Å². The summed E-state index contributed by atoms with van der Waals surface area (Å²) in [5.41, 5.74) is -2.42. The van der Waals surface area contributed by atoms with Crippen LogP contribution in [0, 0.1) is 11.3 Å². The standard InChI is InChI=1S/C18H9F6N5/c19-17(20,21)12-7-10(6-11(8-12)16-14(9-25)27-29-28-16)4-5-13-2-1-3-15(26-13)18(22,23)24/h1-8H,(H,27,28,29). The molecule has 0 aliphatic carbocycles. The van der Waals surface area contributed by atoms with E-state index in [0.29, 0.717) is 0 Å². The van der Waals surface area contributed by atoms with Crippen molar-refractivity contribution in [2.24, 2.45) is 0 Å². The van der Waals surface area contributed by atoms with Crippen LogP contribution in [-0.2, 0) is 12.4 Å². The zero-order valence-corrected chi connectivity index (χ0v) is 14.2. The minimum atomic E-state index is -4.69. The monoisotopic (exact) mass is 409 g/mol. The highest BCUT2D eigenvalue weighted by Crippen LogP contribution is 2.34. The lowest BCUT2D eigenvalue weighted by Gasteiger charge is -2.10. The summed E-state index contributed by atoms with van der Waals surface area (Å²) in [5, 5.41) is 18.3. The molecule has 3 aromatic rings. The lowest BCUT2D eigenvalue weighted by molar-refractivity contribution is -0.141. The van der Waals surface area contributed by atoms with E-state index in [1.54, 1.807) is 6.07 Å². The van der Waals surface area contributed by atoms with Crippen LogP contribution in [0.2, 0.25) is 0 Å². The molecule has 29 heavy (non-hydrogen) atoms. The number of benzene rings is 1. The number of alkyl halides is 6. The van der Waals surface area contributed by atoms with Gasteiger partial charge in [0.05, 0.1) is 11.3 Å². The minimum Gasteiger partial charge on any atom is -0.247 e. The van der Waals surface area contributed by atoms with Crippen LogP contribution in [0.3, 0.4) is 0 Å². The molecular formula is C18H9F6N5. The third-order valence-electron chi connectivity index (χ3n) is 3.72. The highest BCUT2D eigenvalue weighted by atomic mass is 19.4. The van der Waals surface area contributed by atoms with Gasteiger partial charge in [-0.3, -0.25) is 0 Å². The zero-order valence-electron chi connectivity index (χ0n) is 14.2. The SMILES string of the molecule is N#Cc1[nH]nnc1-c1cc(C=Cc2cccc(C(F)(F)F)n2)cc(C(F)(F)F)c1. The molecule has 1 aromatic carbocycles. The first-order valence-electron chi connectivity index (χ1n) is 7.84. The van der Waals surface area contributed by atoms with Crippen LogP contribution >= 0.6 is 0 Å². The molecule has 11 heteroatoms. The van der Waals surface area contributed by atoms with Crippen LogP contribution in [0.15, 0.2) is 36.4 Å². The van der Waals surface area contributed by atoms with E-state index in [1.165, 1.54) is 18.2 Å². The Bertz CT molecular complexity index is 1100. The summed E-state index contributed by atoms with van der Waals surface area (Å²) in [4.78, 5) is 3.43. The average Bonchev–Trinajstić information content (AvgIpc) is 3.14. The topological polar surface area (TPSA) is 78.2 Å². The van der Waals surface area contributed by atoms with Crippen molar-refractivity contribution in [1.29, 1.82) is 5.26 Å². The van der Waals surface area contributed by atoms with Crippen molar-refractivity contribution in [3.8, 4) is 17.3 Å². The van der Waals surface area contributed by atoms with E-state index in [1.807, 2.05) is 0 Å². The number of H-pyrrole nitrogens is 1. The summed E-state index contributed by atoms with van der Waals surface area (Å²) in [6.07, 6.45) is -6.99. The fourth-order valence-electron chi connectivity index (χ4n) is 2.44. The van der Waals surface area contributed by atoms with Gasteiger partial charge in [-0.15, -0.1) is 5.10 Å². The number of aromatic nitrogens is 4. The van der Waals surface area contributed by atoms with Gasteiger partial charge in [0.25, 0.3) is 0 Å². The normalized spacial score (nSPS) is 12.3. The van der Waals surface area contributed by atoms with Crippen LogP contribution < -0.4 is 0 Å². The minimum absolute atomic E-state index is 0.0261. The number of hydrogen-bond acceptors (Lipinski definition) is 4. The van der Waals surface area contributed by atoms with Gasteiger partial charge >= 0.3 is 12.4 Å². The Morgan fingerprint density at radius 2 is 1.72 bits per heavy atom. The summed E-state index contributed by atoms with van der Waals surface area (Å²) in [5.74, 6) is 0. The van der Waals surface area contributed by atoms with E-state index in [2.05, 4.69) is 20.4 Å². The fourth-order valence-corrected chi connectivity index (χ4v) is 2.44. The van der Waals surface area contributed by atoms with E-state index in [0.717, 1.165) is 30.3 Å². The number of pyridine rings is 1. The van der Waals surface area contributed by atoms with E-state index in [9.17, 15) is 26.3 Å². The molecule has 1 N–H and O–H groups in total. The number of nitrogens with one attached hydrogen (secondary N) is 1. The Kier molecular flexibility index (Phi) is 5.11. The molecule has 0 saturated heterocycles. The van der Waals surface area contributed by atoms with Crippen molar-refractivity contribution in [2.45, 2.75) is 12.4 Å². The summed E-state index contributed by atoms with van der Waals surface area (Å²) < 4.78 is 78.0. The van der Waals surface area contributed by atoms with Crippen molar-refractivity contribution >= 4 is 12.2 Å². The van der Waals surface area contributed by atoms with Gasteiger partial charge in [-0.25, -0.2) is 10.1 Å². The molecule has 0 aliphatic heterocycles. The van der Waals surface area contributed by atoms with Gasteiger partial charge in [-0.2, -0.15) is 31.6 Å². The number of halogens is 6. The number of nitrogens with zero attached hydrogens (tertiary/aromatic N) is 4. The fraction of sp³-hybridized carbons (Fsp3) is 0.111. The molecule has 0 radical (unpaired) electrons. The molecule has 0 aliphatic rings. The predicted octanol–water partition coefficient (Wildman–Crippen LogP) is 4.95. The molecule has 0 atom stereocenters. The summed E-state index contributed by atoms with van der Waals surface area (Å²) in [7, 11) is 0. The largest absolute Gasteiger partial charge is 0.433 e. The molecule has 0 spiro atoms. The Morgan fingerprint density at radius 1 is 0.966 bits per heavy atom. The molecule has 0 bridgehead atoms. The maximum atomic E-state index is 13.2. The lowest BCUT2D eigenvalue weighted by Crippen LogP contribution is -2.08. The van der Waals surface area contributed by atoms with E-state index in [4.69, 9.17) is 5.26 Å². The van der Waals surface area contributed by atoms with Gasteiger partial charge in [0.2, 0.25) is 0 Å². The zero-order chi connectivity index (χ0) is 21.2. The van der Waals surface area contributed by atoms with Gasteiger partial charge in [0.15, 0.2) is 5.69 Å². The first-order valence-corrected chi connectivity index (χ1v) is 7.84. The average molecular weight is 409 g/mol. The molecular weight excluding hydrogens is 400 g/mol. The summed E-state index contributed by atoms with van der Waals surface area (Å²) in [6.45, 7) is 0. The second-order valence-electron chi connectivity index (χ2n) is 5.77. The maximum Gasteiger partial charge on any atom is 0.433 e. The second kappa shape index (κ2) is 7.38. The van der Waals surface area contributed by atoms with Crippen LogP contribution in [0.5, 0.6) is 0 Å². The number of hydrogen-bond donors (Lipinski definition) is 1. The van der Waals surface area contributed by atoms with E-state index >= 15 is 0 Å². The lowest BCUT2D eigenvalue weighted by atomic mass is 10.0. The number of nitriles is 1. The highest BCUT2D eigenvalue weighted by molar-refractivity contribution is 5.74. The Labute approximate surface area is 159 Å². The van der Waals surface area contributed by atoms with Crippen LogP contribution in [-0.4, -0.2) is 20.4 Å². The predicted molar refractivity (Wildman–Crippen MR) is 89.7 cm³/mol. The second-order valence-corrected chi connectivity index (χ2v) is 5.77. The Morgan fingerprint density at radius 3 is 2.38 bits per heavy atom. The summed E-state index contributed by atoms with van der Waals surface area (Å²) in [6, 6.07) is 7.87. The third kappa shape index (κ3) is 4.60. The molecule has 5 nitrogen and oxygen atoms in total. The van der Waals surface area contributed by atoms with Gasteiger partial charge < -0.3 is 0 Å². The van der Waals surface area contributed by atoms with Gasteiger partial charge in [-0.1, -0.05) is 17.4 Å². The molecule has 2 heterocycles. The molecule has 2 aromatic heterocycles. The first-order chi connectivity index (χ1) is 13.6. The maximum absolute atomic E-state index is 13.2. The van der Waals surface area contributed by atoms with Crippen molar-refractivity contribution in [3.63, 3.8) is 0 Å². The Balaban J connectivity index is 2.05. The Hall–Kier alpha value is -3.68. The van der Waals surface area contributed by atoms with Crippen molar-refractivity contribution in [2.75, 3.05) is 0 Å². The molecule has 0 saturated carbocycles. The number of rotatable bonds is 3. The molecule has 3 rings (SSSR count). The van der Waals surface area contributed by atoms with Crippen molar-refractivity contribution in [3.05, 3.63) is 64.6 Å². The highest BCUT2D eigenvalue weighted by Gasteiger charge is 2.33. The quantitative estimate of drug-likeness (QED) is 0.621. The van der Waals surface area contributed by atoms with Crippen LogP contribution in [0.4, 0.5) is 26.3 Å². The van der Waals surface area contributed by atoms with Gasteiger partial charge in [-0.05, 0) is 42.0 Å². The van der Waals surface area contributed by atoms with Gasteiger partial charge in [0, 0.05) is 5.56 Å². The molecule has 148 valence electrons. The van der Waals surface area contributed by atoms with Crippen molar-refractivity contribution in [1.82, 2.24) is 20.4 Å². The molecule has 0 amide bonds. The molecule has 0 fully saturated rings. The number of aromatic amines is 1. The van der Waals surface area contributed by atoms with Crippen LogP contribution in [0.25, 0.3) is 23.4 Å².